The van der Waals surface area contributed by atoms with E-state index in [-0.39, 0.29) is 5.41 Å². The van der Waals surface area contributed by atoms with E-state index in [4.69, 9.17) is 4.74 Å². The van der Waals surface area contributed by atoms with Crippen molar-refractivity contribution in [1.82, 2.24) is 0 Å². The van der Waals surface area contributed by atoms with E-state index in [1.54, 1.807) is 6.08 Å². The molecule has 2 aliphatic heterocycles. The monoisotopic (exact) mass is 437 g/mol. The number of hydrogen-bond donors (Lipinski definition) is 0. The summed E-state index contributed by atoms with van der Waals surface area (Å²) in [6.45, 7) is 8.46. The lowest BCUT2D eigenvalue weighted by Gasteiger charge is -2.45. The van der Waals surface area contributed by atoms with E-state index in [9.17, 15) is 4.79 Å². The van der Waals surface area contributed by atoms with Gasteiger partial charge in [0.2, 0.25) is 5.72 Å². The van der Waals surface area contributed by atoms with Gasteiger partial charge in [-0.1, -0.05) is 60.2 Å². The number of nitrogens with zero attached hydrogens (tertiary/aromatic N) is 1. The van der Waals surface area contributed by atoms with Gasteiger partial charge in [0, 0.05) is 18.3 Å². The van der Waals surface area contributed by atoms with Crippen molar-refractivity contribution in [2.75, 3.05) is 11.9 Å². The van der Waals surface area contributed by atoms with Crippen molar-refractivity contribution >= 4 is 24.1 Å². The van der Waals surface area contributed by atoms with Crippen LogP contribution in [0.1, 0.15) is 44.4 Å². The van der Waals surface area contributed by atoms with Crippen LogP contribution in [0.5, 0.6) is 5.75 Å². The van der Waals surface area contributed by atoms with Gasteiger partial charge in [-0.15, -0.1) is 0 Å². The average molecular weight is 438 g/mol. The van der Waals surface area contributed by atoms with Crippen molar-refractivity contribution in [2.24, 2.45) is 0 Å². The van der Waals surface area contributed by atoms with Crippen molar-refractivity contribution in [3.05, 3.63) is 107 Å². The number of anilines is 1. The number of allylic oxidation sites excluding steroid dienone is 7. The van der Waals surface area contributed by atoms with Crippen molar-refractivity contribution in [3.8, 4) is 5.75 Å². The molecule has 2 aromatic carbocycles. The van der Waals surface area contributed by atoms with Crippen LogP contribution in [0, 0.1) is 0 Å². The van der Waals surface area contributed by atoms with Crippen LogP contribution in [0.25, 0.3) is 12.2 Å². The van der Waals surface area contributed by atoms with Gasteiger partial charge in [-0.05, 0) is 80.8 Å². The van der Waals surface area contributed by atoms with E-state index >= 15 is 0 Å². The SMILES string of the molecule is CC(/C=C\c1ccc2c(c1)C=CC1(O2)N(C)c2ccccc2C1(C)C)=C\C=C\C(C)=C\C=O. The third-order valence-corrected chi connectivity index (χ3v) is 6.71. The lowest BCUT2D eigenvalue weighted by atomic mass is 9.76. The highest BCUT2D eigenvalue weighted by Crippen LogP contribution is 2.54. The summed E-state index contributed by atoms with van der Waals surface area (Å²) in [5.74, 6) is 0.898. The molecular formula is C30H31NO2. The summed E-state index contributed by atoms with van der Waals surface area (Å²) in [6.07, 6.45) is 16.8. The Hall–Kier alpha value is -3.59. The Bertz CT molecular complexity index is 1230. The first-order valence-corrected chi connectivity index (χ1v) is 11.3. The number of carbonyl (C=O) groups excluding carboxylic acids is 1. The maximum atomic E-state index is 10.5. The highest BCUT2D eigenvalue weighted by molar-refractivity contribution is 5.73. The number of carbonyl (C=O) groups is 1. The lowest BCUT2D eigenvalue weighted by Crippen LogP contribution is -2.58. The molecule has 0 aliphatic carbocycles. The predicted octanol–water partition coefficient (Wildman–Crippen LogP) is 6.88. The van der Waals surface area contributed by atoms with E-state index in [1.807, 2.05) is 25.2 Å². The van der Waals surface area contributed by atoms with Crippen LogP contribution >= 0.6 is 0 Å². The molecule has 2 aliphatic rings. The summed E-state index contributed by atoms with van der Waals surface area (Å²) in [5, 5.41) is 0. The first-order chi connectivity index (χ1) is 15.8. The molecule has 0 fully saturated rings. The number of likely N-dealkylation sites (N-methyl/N-ethyl adjacent to an activating group) is 1. The predicted molar refractivity (Wildman–Crippen MR) is 138 cm³/mol. The van der Waals surface area contributed by atoms with Crippen LogP contribution in [-0.2, 0) is 10.2 Å². The molecule has 2 heterocycles. The molecule has 0 saturated heterocycles. The summed E-state index contributed by atoms with van der Waals surface area (Å²) in [5.41, 5.74) is 6.02. The highest BCUT2D eigenvalue weighted by atomic mass is 16.5. The second-order valence-corrected chi connectivity index (χ2v) is 9.28. The molecule has 0 amide bonds. The second-order valence-electron chi connectivity index (χ2n) is 9.28. The van der Waals surface area contributed by atoms with E-state index in [1.165, 1.54) is 11.3 Å². The molecular weight excluding hydrogens is 406 g/mol. The number of para-hydroxylation sites is 1. The van der Waals surface area contributed by atoms with E-state index in [0.29, 0.717) is 0 Å². The van der Waals surface area contributed by atoms with Gasteiger partial charge >= 0.3 is 0 Å². The molecule has 0 radical (unpaired) electrons. The third kappa shape index (κ3) is 4.00. The van der Waals surface area contributed by atoms with Gasteiger partial charge in [-0.2, -0.15) is 0 Å². The molecule has 0 aromatic heterocycles. The Kier molecular flexibility index (Phi) is 5.99. The number of hydrogen-bond acceptors (Lipinski definition) is 3. The fourth-order valence-electron chi connectivity index (χ4n) is 4.70. The fraction of sp³-hybridized carbons (Fsp3) is 0.233. The zero-order chi connectivity index (χ0) is 23.6. The molecule has 0 bridgehead atoms. The molecule has 1 spiro atoms. The lowest BCUT2D eigenvalue weighted by molar-refractivity contribution is -0.104. The zero-order valence-corrected chi connectivity index (χ0v) is 20.0. The quantitative estimate of drug-likeness (QED) is 0.290. The van der Waals surface area contributed by atoms with Gasteiger partial charge in [-0.25, -0.2) is 0 Å². The fourth-order valence-corrected chi connectivity index (χ4v) is 4.70. The normalized spacial score (nSPS) is 21.5. The highest BCUT2D eigenvalue weighted by Gasteiger charge is 2.57. The van der Waals surface area contributed by atoms with Crippen LogP contribution in [0.4, 0.5) is 5.69 Å². The Labute approximate surface area is 197 Å². The topological polar surface area (TPSA) is 29.5 Å². The Morgan fingerprint density at radius 1 is 1.00 bits per heavy atom. The first-order valence-electron chi connectivity index (χ1n) is 11.3. The standard InChI is InChI=1S/C30H31NO2/c1-22(9-8-10-23(2)18-20-32)13-14-24-15-16-28-25(21-24)17-19-30(33-28)29(3,4)26-11-6-7-12-27(26)31(30)5/h6-21H,1-5H3/b10-8+,14-13-,22-9+,23-18+. The van der Waals surface area contributed by atoms with E-state index in [0.717, 1.165) is 34.3 Å². The number of rotatable bonds is 5. The number of fused-ring (bicyclic) bond motifs is 2. The minimum Gasteiger partial charge on any atom is -0.463 e. The minimum absolute atomic E-state index is 0.195. The van der Waals surface area contributed by atoms with Crippen molar-refractivity contribution in [1.29, 1.82) is 0 Å². The minimum atomic E-state index is -0.552. The second kappa shape index (κ2) is 8.74. The molecule has 33 heavy (non-hydrogen) atoms. The smallest absolute Gasteiger partial charge is 0.211 e. The Morgan fingerprint density at radius 2 is 1.76 bits per heavy atom. The molecule has 3 heteroatoms. The Morgan fingerprint density at radius 3 is 2.52 bits per heavy atom. The molecule has 168 valence electrons. The molecule has 2 aromatic rings. The van der Waals surface area contributed by atoms with E-state index < -0.39 is 5.72 Å². The van der Waals surface area contributed by atoms with Gasteiger partial charge in [0.05, 0.1) is 5.41 Å². The summed E-state index contributed by atoms with van der Waals surface area (Å²) < 4.78 is 6.73. The van der Waals surface area contributed by atoms with Crippen LogP contribution in [0.2, 0.25) is 0 Å². The van der Waals surface area contributed by atoms with E-state index in [2.05, 4.69) is 99.5 Å². The molecule has 1 unspecified atom stereocenters. The number of aldehydes is 1. The van der Waals surface area contributed by atoms with Crippen LogP contribution in [0.15, 0.2) is 90.1 Å². The summed E-state index contributed by atoms with van der Waals surface area (Å²) in [7, 11) is 2.11. The largest absolute Gasteiger partial charge is 0.463 e. The molecule has 0 saturated carbocycles. The zero-order valence-electron chi connectivity index (χ0n) is 20.0. The van der Waals surface area contributed by atoms with Crippen molar-refractivity contribution in [3.63, 3.8) is 0 Å². The molecule has 3 nitrogen and oxygen atoms in total. The number of benzene rings is 2. The van der Waals surface area contributed by atoms with Crippen molar-refractivity contribution < 1.29 is 9.53 Å². The summed E-state index contributed by atoms with van der Waals surface area (Å²) in [6, 6.07) is 14.9. The van der Waals surface area contributed by atoms with Gasteiger partial charge in [0.15, 0.2) is 0 Å². The molecule has 0 N–H and O–H groups in total. The third-order valence-electron chi connectivity index (χ3n) is 6.71. The summed E-state index contributed by atoms with van der Waals surface area (Å²) >= 11 is 0. The molecule has 1 atom stereocenters. The van der Waals surface area contributed by atoms with Crippen LogP contribution in [0.3, 0.4) is 0 Å². The number of ether oxygens (including phenoxy) is 1. The van der Waals surface area contributed by atoms with Gasteiger partial charge in [0.25, 0.3) is 0 Å². The van der Waals surface area contributed by atoms with Gasteiger partial charge in [-0.3, -0.25) is 4.79 Å². The van der Waals surface area contributed by atoms with Crippen LogP contribution < -0.4 is 9.64 Å². The van der Waals surface area contributed by atoms with Crippen LogP contribution in [-0.4, -0.2) is 19.1 Å². The van der Waals surface area contributed by atoms with Gasteiger partial charge in [0.1, 0.15) is 12.0 Å². The maximum Gasteiger partial charge on any atom is 0.211 e. The summed E-state index contributed by atoms with van der Waals surface area (Å²) in [4.78, 5) is 12.7. The molecule has 4 rings (SSSR count). The maximum absolute atomic E-state index is 10.5. The van der Waals surface area contributed by atoms with Crippen molar-refractivity contribution in [2.45, 2.75) is 38.8 Å². The van der Waals surface area contributed by atoms with Gasteiger partial charge < -0.3 is 9.64 Å². The average Bonchev–Trinajstić information content (AvgIpc) is 2.96. The first kappa shape index (κ1) is 22.6. The Balaban J connectivity index is 1.55.